The van der Waals surface area contributed by atoms with Gasteiger partial charge in [0.1, 0.15) is 0 Å². The van der Waals surface area contributed by atoms with E-state index >= 15 is 0 Å². The molecule has 19 heavy (non-hydrogen) atoms. The summed E-state index contributed by atoms with van der Waals surface area (Å²) >= 11 is 9.58. The van der Waals surface area contributed by atoms with E-state index in [-0.39, 0.29) is 11.9 Å². The standard InChI is InChI=1S/C14H18BrClN2O/c1-9(12-5-2-10(15)8-13(12)16)17-7-6-14(19)18-11-3-4-11/h2,5,8-9,11,17H,3-4,6-7H2,1H3,(H,18,19). The van der Waals surface area contributed by atoms with E-state index in [4.69, 9.17) is 11.6 Å². The summed E-state index contributed by atoms with van der Waals surface area (Å²) in [6, 6.07) is 6.42. The minimum atomic E-state index is 0.129. The van der Waals surface area contributed by atoms with Gasteiger partial charge in [0, 0.05) is 34.5 Å². The van der Waals surface area contributed by atoms with Gasteiger partial charge in [-0.25, -0.2) is 0 Å². The molecular weight excluding hydrogens is 328 g/mol. The Labute approximate surface area is 127 Å². The van der Waals surface area contributed by atoms with Crippen molar-refractivity contribution in [3.8, 4) is 0 Å². The van der Waals surface area contributed by atoms with E-state index in [1.807, 2.05) is 25.1 Å². The summed E-state index contributed by atoms with van der Waals surface area (Å²) in [6.45, 7) is 2.71. The number of halogens is 2. The normalized spacial score (nSPS) is 16.2. The average Bonchev–Trinajstić information content (AvgIpc) is 3.12. The molecule has 2 rings (SSSR count). The summed E-state index contributed by atoms with van der Waals surface area (Å²) in [5.74, 6) is 0.129. The third-order valence-electron chi connectivity index (χ3n) is 3.17. The van der Waals surface area contributed by atoms with Gasteiger partial charge in [-0.2, -0.15) is 0 Å². The maximum absolute atomic E-state index is 11.5. The van der Waals surface area contributed by atoms with E-state index < -0.39 is 0 Å². The zero-order valence-corrected chi connectivity index (χ0v) is 13.2. The largest absolute Gasteiger partial charge is 0.353 e. The fraction of sp³-hybridized carbons (Fsp3) is 0.500. The Bertz CT molecular complexity index is 463. The molecule has 0 aliphatic heterocycles. The quantitative estimate of drug-likeness (QED) is 0.829. The van der Waals surface area contributed by atoms with Gasteiger partial charge >= 0.3 is 0 Å². The van der Waals surface area contributed by atoms with Gasteiger partial charge < -0.3 is 10.6 Å². The Hall–Kier alpha value is -0.580. The molecular formula is C14H18BrClN2O. The van der Waals surface area contributed by atoms with Crippen molar-refractivity contribution in [1.29, 1.82) is 0 Å². The molecule has 1 aromatic rings. The zero-order valence-electron chi connectivity index (χ0n) is 10.9. The van der Waals surface area contributed by atoms with Gasteiger partial charge in [-0.15, -0.1) is 0 Å². The first-order valence-corrected chi connectivity index (χ1v) is 7.71. The Morgan fingerprint density at radius 1 is 1.53 bits per heavy atom. The second-order valence-electron chi connectivity index (χ2n) is 4.93. The van der Waals surface area contributed by atoms with Crippen LogP contribution in [0.2, 0.25) is 5.02 Å². The molecule has 1 atom stereocenters. The van der Waals surface area contributed by atoms with Crippen LogP contribution in [0.3, 0.4) is 0 Å². The maximum Gasteiger partial charge on any atom is 0.221 e. The van der Waals surface area contributed by atoms with Crippen molar-refractivity contribution >= 4 is 33.4 Å². The molecule has 0 heterocycles. The molecule has 1 saturated carbocycles. The van der Waals surface area contributed by atoms with Crippen molar-refractivity contribution < 1.29 is 4.79 Å². The van der Waals surface area contributed by atoms with Crippen LogP contribution in [0.4, 0.5) is 0 Å². The molecule has 1 aromatic carbocycles. The summed E-state index contributed by atoms with van der Waals surface area (Å²) in [4.78, 5) is 11.5. The third-order valence-corrected chi connectivity index (χ3v) is 3.99. The highest BCUT2D eigenvalue weighted by atomic mass is 79.9. The predicted molar refractivity (Wildman–Crippen MR) is 81.4 cm³/mol. The number of rotatable bonds is 6. The number of hydrogen-bond acceptors (Lipinski definition) is 2. The van der Waals surface area contributed by atoms with Gasteiger partial charge in [0.05, 0.1) is 0 Å². The van der Waals surface area contributed by atoms with Crippen molar-refractivity contribution in [1.82, 2.24) is 10.6 Å². The smallest absolute Gasteiger partial charge is 0.221 e. The number of nitrogens with one attached hydrogen (secondary N) is 2. The highest BCUT2D eigenvalue weighted by molar-refractivity contribution is 9.10. The monoisotopic (exact) mass is 344 g/mol. The van der Waals surface area contributed by atoms with E-state index in [2.05, 4.69) is 26.6 Å². The number of carbonyl (C=O) groups is 1. The second-order valence-corrected chi connectivity index (χ2v) is 6.26. The van der Waals surface area contributed by atoms with Gasteiger partial charge in [-0.05, 0) is 37.5 Å². The van der Waals surface area contributed by atoms with Gasteiger partial charge in [0.2, 0.25) is 5.91 Å². The van der Waals surface area contributed by atoms with E-state index in [9.17, 15) is 4.79 Å². The summed E-state index contributed by atoms with van der Waals surface area (Å²) in [5.41, 5.74) is 1.05. The molecule has 2 N–H and O–H groups in total. The van der Waals surface area contributed by atoms with Crippen LogP contribution in [0.15, 0.2) is 22.7 Å². The molecule has 0 saturated heterocycles. The first kappa shape index (κ1) is 14.8. The summed E-state index contributed by atoms with van der Waals surface area (Å²) in [5, 5.41) is 7.03. The van der Waals surface area contributed by atoms with Crippen molar-refractivity contribution in [2.45, 2.75) is 38.3 Å². The van der Waals surface area contributed by atoms with Crippen molar-refractivity contribution in [3.63, 3.8) is 0 Å². The maximum atomic E-state index is 11.5. The van der Waals surface area contributed by atoms with E-state index in [1.165, 1.54) is 0 Å². The summed E-state index contributed by atoms with van der Waals surface area (Å²) in [7, 11) is 0. The Kier molecular flexibility index (Phi) is 5.25. The zero-order chi connectivity index (χ0) is 13.8. The van der Waals surface area contributed by atoms with E-state index in [1.54, 1.807) is 0 Å². The van der Waals surface area contributed by atoms with Crippen molar-refractivity contribution in [3.05, 3.63) is 33.3 Å². The first-order chi connectivity index (χ1) is 9.06. The molecule has 104 valence electrons. The average molecular weight is 346 g/mol. The van der Waals surface area contributed by atoms with Crippen LogP contribution in [0.25, 0.3) is 0 Å². The molecule has 1 amide bonds. The van der Waals surface area contributed by atoms with Crippen LogP contribution in [-0.4, -0.2) is 18.5 Å². The molecule has 1 aliphatic rings. The van der Waals surface area contributed by atoms with E-state index in [0.29, 0.717) is 19.0 Å². The summed E-state index contributed by atoms with van der Waals surface area (Å²) < 4.78 is 0.970. The predicted octanol–water partition coefficient (Wildman–Crippen LogP) is 3.42. The van der Waals surface area contributed by atoms with Crippen LogP contribution in [0.5, 0.6) is 0 Å². The Morgan fingerprint density at radius 3 is 2.89 bits per heavy atom. The number of carbonyl (C=O) groups excluding carboxylic acids is 1. The molecule has 0 spiro atoms. The third kappa shape index (κ3) is 4.79. The molecule has 3 nitrogen and oxygen atoms in total. The summed E-state index contributed by atoms with van der Waals surface area (Å²) in [6.07, 6.45) is 2.77. The number of hydrogen-bond donors (Lipinski definition) is 2. The second kappa shape index (κ2) is 6.73. The van der Waals surface area contributed by atoms with Crippen LogP contribution in [0, 0.1) is 0 Å². The number of amides is 1. The van der Waals surface area contributed by atoms with Gasteiger partial charge in [-0.1, -0.05) is 33.6 Å². The Balaban J connectivity index is 1.76. The number of benzene rings is 1. The van der Waals surface area contributed by atoms with Crippen LogP contribution in [0.1, 0.15) is 37.8 Å². The van der Waals surface area contributed by atoms with Crippen LogP contribution in [-0.2, 0) is 4.79 Å². The first-order valence-electron chi connectivity index (χ1n) is 6.54. The highest BCUT2D eigenvalue weighted by Gasteiger charge is 2.22. The Morgan fingerprint density at radius 2 is 2.26 bits per heavy atom. The topological polar surface area (TPSA) is 41.1 Å². The van der Waals surface area contributed by atoms with Crippen LogP contribution < -0.4 is 10.6 Å². The minimum Gasteiger partial charge on any atom is -0.353 e. The fourth-order valence-corrected chi connectivity index (χ4v) is 2.73. The SMILES string of the molecule is CC(NCCC(=O)NC1CC1)c1ccc(Br)cc1Cl. The lowest BCUT2D eigenvalue weighted by Gasteiger charge is -2.15. The van der Waals surface area contributed by atoms with Crippen molar-refractivity contribution in [2.24, 2.45) is 0 Å². The molecule has 1 unspecified atom stereocenters. The van der Waals surface area contributed by atoms with Crippen LogP contribution >= 0.6 is 27.5 Å². The molecule has 5 heteroatoms. The molecule has 0 aromatic heterocycles. The lowest BCUT2D eigenvalue weighted by molar-refractivity contribution is -0.121. The molecule has 1 aliphatic carbocycles. The molecule has 1 fully saturated rings. The lowest BCUT2D eigenvalue weighted by atomic mass is 10.1. The molecule has 0 radical (unpaired) electrons. The minimum absolute atomic E-state index is 0.129. The van der Waals surface area contributed by atoms with Gasteiger partial charge in [0.25, 0.3) is 0 Å². The highest BCUT2D eigenvalue weighted by Crippen LogP contribution is 2.26. The van der Waals surface area contributed by atoms with Gasteiger partial charge in [-0.3, -0.25) is 4.79 Å². The van der Waals surface area contributed by atoms with E-state index in [0.717, 1.165) is 27.9 Å². The lowest BCUT2D eigenvalue weighted by Crippen LogP contribution is -2.30. The fourth-order valence-electron chi connectivity index (χ4n) is 1.89. The molecule has 0 bridgehead atoms. The van der Waals surface area contributed by atoms with Crippen molar-refractivity contribution in [2.75, 3.05) is 6.54 Å². The van der Waals surface area contributed by atoms with Gasteiger partial charge in [0.15, 0.2) is 0 Å².